The molecule has 6 nitrogen and oxygen atoms in total. The van der Waals surface area contributed by atoms with Gasteiger partial charge in [-0.2, -0.15) is 0 Å². The van der Waals surface area contributed by atoms with Gasteiger partial charge in [0.25, 0.3) is 5.56 Å². The van der Waals surface area contributed by atoms with Gasteiger partial charge < -0.3 is 0 Å². The number of thioether (sulfide) groups is 1. The van der Waals surface area contributed by atoms with Crippen molar-refractivity contribution < 1.29 is 0 Å². The summed E-state index contributed by atoms with van der Waals surface area (Å²) >= 11 is 4.85. The second-order valence-corrected chi connectivity index (χ2v) is 6.72. The topological polar surface area (TPSA) is 64.6 Å². The first-order valence-corrected chi connectivity index (χ1v) is 8.59. The van der Waals surface area contributed by atoms with E-state index in [9.17, 15) is 4.79 Å². The van der Waals surface area contributed by atoms with Crippen LogP contribution in [0.2, 0.25) is 0 Å². The highest BCUT2D eigenvalue weighted by atomic mass is 79.9. The van der Waals surface area contributed by atoms with Crippen LogP contribution in [0.25, 0.3) is 11.3 Å². The highest BCUT2D eigenvalue weighted by molar-refractivity contribution is 9.10. The molecule has 0 radical (unpaired) electrons. The Morgan fingerprint density at radius 3 is 2.91 bits per heavy atom. The molecule has 0 aliphatic carbocycles. The Bertz CT molecular complexity index is 1070. The normalized spacial score (nSPS) is 11.3. The first kappa shape index (κ1) is 14.4. The molecule has 0 amide bonds. The molecule has 0 saturated heterocycles. The van der Waals surface area contributed by atoms with Gasteiger partial charge in [-0.3, -0.25) is 13.6 Å². The summed E-state index contributed by atoms with van der Waals surface area (Å²) in [6.45, 7) is 0. The summed E-state index contributed by atoms with van der Waals surface area (Å²) in [5.74, 6) is 0.553. The third-order valence-electron chi connectivity index (χ3n) is 3.31. The highest BCUT2D eigenvalue weighted by Crippen LogP contribution is 2.20. The second-order valence-electron chi connectivity index (χ2n) is 4.86. The van der Waals surface area contributed by atoms with E-state index in [0.717, 1.165) is 21.0 Å². The predicted molar refractivity (Wildman–Crippen MR) is 91.7 cm³/mol. The van der Waals surface area contributed by atoms with Crippen molar-refractivity contribution in [3.63, 3.8) is 0 Å². The highest BCUT2D eigenvalue weighted by Gasteiger charge is 2.08. The minimum atomic E-state index is -0.0991. The number of pyridine rings is 2. The number of fused-ring (bicyclic) bond motifs is 2. The van der Waals surface area contributed by atoms with Crippen molar-refractivity contribution in [3.8, 4) is 0 Å². The summed E-state index contributed by atoms with van der Waals surface area (Å²) in [6, 6.07) is 11.0. The minimum Gasteiger partial charge on any atom is -0.277 e. The van der Waals surface area contributed by atoms with Crippen LogP contribution in [0.4, 0.5) is 0 Å². The van der Waals surface area contributed by atoms with Gasteiger partial charge in [0.05, 0.1) is 5.69 Å². The minimum absolute atomic E-state index is 0.0991. The Kier molecular flexibility index (Phi) is 3.62. The molecule has 0 fully saturated rings. The van der Waals surface area contributed by atoms with E-state index in [1.54, 1.807) is 12.3 Å². The number of nitrogens with zero attached hydrogens (tertiary/aromatic N) is 5. The second kappa shape index (κ2) is 5.78. The van der Waals surface area contributed by atoms with Gasteiger partial charge in [-0.25, -0.2) is 4.98 Å². The Labute approximate surface area is 143 Å². The first-order valence-electron chi connectivity index (χ1n) is 6.81. The van der Waals surface area contributed by atoms with Gasteiger partial charge in [0.2, 0.25) is 0 Å². The first-order chi connectivity index (χ1) is 11.2. The van der Waals surface area contributed by atoms with Gasteiger partial charge in [0.15, 0.2) is 10.8 Å². The quantitative estimate of drug-likeness (QED) is 0.505. The molecule has 0 aliphatic heterocycles. The summed E-state index contributed by atoms with van der Waals surface area (Å²) < 4.78 is 4.27. The molecule has 0 unspecified atom stereocenters. The zero-order valence-electron chi connectivity index (χ0n) is 11.8. The molecule has 0 N–H and O–H groups in total. The number of halogens is 1. The largest absolute Gasteiger partial charge is 0.277 e. The zero-order valence-corrected chi connectivity index (χ0v) is 14.2. The monoisotopic (exact) mass is 387 g/mol. The van der Waals surface area contributed by atoms with Crippen LogP contribution in [0.15, 0.2) is 63.2 Å². The lowest BCUT2D eigenvalue weighted by Crippen LogP contribution is -2.15. The number of aromatic nitrogens is 5. The van der Waals surface area contributed by atoms with Crippen molar-refractivity contribution in [1.29, 1.82) is 0 Å². The van der Waals surface area contributed by atoms with E-state index >= 15 is 0 Å². The van der Waals surface area contributed by atoms with Gasteiger partial charge in [-0.1, -0.05) is 17.8 Å². The summed E-state index contributed by atoms with van der Waals surface area (Å²) in [4.78, 5) is 16.7. The third-order valence-corrected chi connectivity index (χ3v) is 4.75. The fraction of sp³-hybridized carbons (Fsp3) is 0.0667. The molecule has 0 saturated carbocycles. The maximum absolute atomic E-state index is 12.2. The van der Waals surface area contributed by atoms with Gasteiger partial charge in [-0.15, -0.1) is 10.2 Å². The molecule has 0 aliphatic rings. The molecule has 23 heavy (non-hydrogen) atoms. The summed E-state index contributed by atoms with van der Waals surface area (Å²) in [5, 5.41) is 9.05. The Morgan fingerprint density at radius 1 is 1.09 bits per heavy atom. The van der Waals surface area contributed by atoms with Crippen LogP contribution in [0.3, 0.4) is 0 Å². The van der Waals surface area contributed by atoms with Crippen LogP contribution < -0.4 is 5.56 Å². The predicted octanol–water partition coefficient (Wildman–Crippen LogP) is 2.79. The lowest BCUT2D eigenvalue weighted by atomic mass is 10.4. The number of hydrogen-bond acceptors (Lipinski definition) is 5. The van der Waals surface area contributed by atoms with Crippen LogP contribution in [0, 0.1) is 0 Å². The maximum atomic E-state index is 12.2. The summed E-state index contributed by atoms with van der Waals surface area (Å²) in [5.41, 5.74) is 2.04. The van der Waals surface area contributed by atoms with Crippen molar-refractivity contribution in [2.75, 3.05) is 0 Å². The van der Waals surface area contributed by atoms with Crippen LogP contribution in [-0.2, 0) is 5.75 Å². The van der Waals surface area contributed by atoms with Crippen molar-refractivity contribution in [3.05, 3.63) is 69.3 Å². The Morgan fingerprint density at radius 2 is 2.00 bits per heavy atom. The number of hydrogen-bond donors (Lipinski definition) is 0. The van der Waals surface area contributed by atoms with E-state index in [0.29, 0.717) is 11.4 Å². The van der Waals surface area contributed by atoms with Crippen molar-refractivity contribution in [1.82, 2.24) is 24.0 Å². The molecule has 8 heteroatoms. The molecule has 0 spiro atoms. The fourth-order valence-corrected chi connectivity index (χ4v) is 3.41. The third kappa shape index (κ3) is 2.75. The van der Waals surface area contributed by atoms with Gasteiger partial charge in [0, 0.05) is 28.7 Å². The number of rotatable bonds is 3. The van der Waals surface area contributed by atoms with E-state index < -0.39 is 0 Å². The van der Waals surface area contributed by atoms with E-state index in [2.05, 4.69) is 31.1 Å². The Balaban J connectivity index is 1.65. The molecule has 0 aromatic carbocycles. The molecule has 4 aromatic heterocycles. The average Bonchev–Trinajstić information content (AvgIpc) is 2.97. The van der Waals surface area contributed by atoms with Crippen LogP contribution in [0.5, 0.6) is 0 Å². The molecule has 114 valence electrons. The molecule has 0 atom stereocenters. The van der Waals surface area contributed by atoms with E-state index in [1.165, 1.54) is 16.2 Å². The SMILES string of the molecule is O=c1cc(CSc2nnc3ccccn23)nc2ccc(Br)cn12. The average molecular weight is 388 g/mol. The molecule has 4 heterocycles. The summed E-state index contributed by atoms with van der Waals surface area (Å²) in [6.07, 6.45) is 3.63. The molecular weight excluding hydrogens is 378 g/mol. The van der Waals surface area contributed by atoms with E-state index in [-0.39, 0.29) is 5.56 Å². The zero-order chi connectivity index (χ0) is 15.8. The van der Waals surface area contributed by atoms with Crippen LogP contribution in [-0.4, -0.2) is 24.0 Å². The molecule has 4 aromatic rings. The lowest BCUT2D eigenvalue weighted by molar-refractivity contribution is 0.919. The fourth-order valence-electron chi connectivity index (χ4n) is 2.26. The lowest BCUT2D eigenvalue weighted by Gasteiger charge is -2.04. The smallest absolute Gasteiger partial charge is 0.258 e. The van der Waals surface area contributed by atoms with Crippen LogP contribution in [0.1, 0.15) is 5.69 Å². The molecule has 0 bridgehead atoms. The molecular formula is C15H10BrN5OS. The maximum Gasteiger partial charge on any atom is 0.258 e. The van der Waals surface area contributed by atoms with E-state index in [4.69, 9.17) is 0 Å². The van der Waals surface area contributed by atoms with Gasteiger partial charge in [-0.05, 0) is 40.2 Å². The van der Waals surface area contributed by atoms with Gasteiger partial charge >= 0.3 is 0 Å². The van der Waals surface area contributed by atoms with Crippen molar-refractivity contribution in [2.24, 2.45) is 0 Å². The Hall–Kier alpha value is -2.19. The van der Waals surface area contributed by atoms with Gasteiger partial charge in [0.1, 0.15) is 5.65 Å². The van der Waals surface area contributed by atoms with Crippen molar-refractivity contribution >= 4 is 39.0 Å². The summed E-state index contributed by atoms with van der Waals surface area (Å²) in [7, 11) is 0. The van der Waals surface area contributed by atoms with Crippen LogP contribution >= 0.6 is 27.7 Å². The van der Waals surface area contributed by atoms with E-state index in [1.807, 2.05) is 40.9 Å². The standard InChI is InChI=1S/C15H10BrN5OS/c16-10-4-5-12-17-11(7-14(22)21(12)8-10)9-23-15-19-18-13-3-1-2-6-20(13)15/h1-8H,9H2. The van der Waals surface area contributed by atoms with Crippen molar-refractivity contribution in [2.45, 2.75) is 10.9 Å². The molecule has 4 rings (SSSR count).